The molecule has 0 aromatic carbocycles. The summed E-state index contributed by atoms with van der Waals surface area (Å²) in [5, 5.41) is 9.60. The van der Waals surface area contributed by atoms with E-state index < -0.39 is 12.1 Å². The summed E-state index contributed by atoms with van der Waals surface area (Å²) in [6.07, 6.45) is 0.521. The molecule has 0 aromatic rings. The Morgan fingerprint density at radius 2 is 2.14 bits per heavy atom. The van der Waals surface area contributed by atoms with Crippen LogP contribution in [0, 0.1) is 35.0 Å². The van der Waals surface area contributed by atoms with Gasteiger partial charge in [-0.3, -0.25) is 4.79 Å². The Morgan fingerprint density at radius 3 is 2.59 bits per heavy atom. The summed E-state index contributed by atoms with van der Waals surface area (Å²) in [5.41, 5.74) is -0.354. The number of carboxylic acids is 1. The van der Waals surface area contributed by atoms with E-state index in [1.165, 1.54) is 0 Å². The normalized spacial score (nSPS) is 24.1. The number of allylic oxidation sites excluding steroid dienone is 2. The van der Waals surface area contributed by atoms with E-state index in [2.05, 4.69) is 18.4 Å². The molecule has 1 heterocycles. The molecule has 1 aliphatic heterocycles. The smallest absolute Gasteiger partial charge is 0.304 e. The van der Waals surface area contributed by atoms with Crippen molar-refractivity contribution in [3.63, 3.8) is 0 Å². The van der Waals surface area contributed by atoms with Crippen LogP contribution >= 0.6 is 11.6 Å². The topological polar surface area (TPSA) is 65.0 Å². The molecule has 0 radical (unpaired) electrons. The van der Waals surface area contributed by atoms with Gasteiger partial charge in [-0.25, -0.2) is 4.39 Å². The highest BCUT2D eigenvalue weighted by atomic mass is 35.5. The first kappa shape index (κ1) is 23.7. The van der Waals surface area contributed by atoms with Crippen molar-refractivity contribution < 1.29 is 28.5 Å². The van der Waals surface area contributed by atoms with Crippen molar-refractivity contribution in [3.05, 3.63) is 23.4 Å². The van der Waals surface area contributed by atoms with Crippen molar-refractivity contribution in [2.45, 2.75) is 45.9 Å². The molecule has 5 nitrogen and oxygen atoms in total. The van der Waals surface area contributed by atoms with Crippen LogP contribution in [0.3, 0.4) is 0 Å². The molecule has 0 spiro atoms. The molecule has 2 aliphatic rings. The van der Waals surface area contributed by atoms with Crippen molar-refractivity contribution in [1.82, 2.24) is 0 Å². The molecule has 0 aromatic heterocycles. The summed E-state index contributed by atoms with van der Waals surface area (Å²) >= 11 is 5.90. The van der Waals surface area contributed by atoms with E-state index in [1.54, 1.807) is 13.0 Å². The quantitative estimate of drug-likeness (QED) is 0.373. The fourth-order valence-corrected chi connectivity index (χ4v) is 3.81. The van der Waals surface area contributed by atoms with E-state index in [1.807, 2.05) is 13.8 Å². The molecule has 29 heavy (non-hydrogen) atoms. The lowest BCUT2D eigenvalue weighted by molar-refractivity contribution is -0.183. The third kappa shape index (κ3) is 5.97. The summed E-state index contributed by atoms with van der Waals surface area (Å²) in [4.78, 5) is 11.2. The van der Waals surface area contributed by atoms with E-state index >= 15 is 0 Å². The largest absolute Gasteiger partial charge is 0.493 e. The number of hydrogen-bond acceptors (Lipinski definition) is 4. The molecule has 162 valence electrons. The molecule has 0 amide bonds. The SMILES string of the molecule is C=CC(OCC1(COC2=C(Cl)C[C@H]2F)COC1)[C@H](C)[C@H](C)[C@H](C#CC)CC(=O)O. The van der Waals surface area contributed by atoms with E-state index in [0.717, 1.165) is 0 Å². The second-order valence-electron chi connectivity index (χ2n) is 8.05. The zero-order valence-corrected chi connectivity index (χ0v) is 18.0. The molecular weight excluding hydrogens is 399 g/mol. The lowest BCUT2D eigenvalue weighted by atomic mass is 9.79. The molecule has 0 saturated carbocycles. The summed E-state index contributed by atoms with van der Waals surface area (Å²) in [6.45, 7) is 11.2. The Hall–Kier alpha value is -1.55. The number of alkyl halides is 1. The van der Waals surface area contributed by atoms with Crippen molar-refractivity contribution in [2.75, 3.05) is 26.4 Å². The second-order valence-corrected chi connectivity index (χ2v) is 8.51. The van der Waals surface area contributed by atoms with Crippen LogP contribution in [0.25, 0.3) is 0 Å². The van der Waals surface area contributed by atoms with Gasteiger partial charge in [-0.1, -0.05) is 37.4 Å². The highest BCUT2D eigenvalue weighted by Gasteiger charge is 2.43. The first-order valence-electron chi connectivity index (χ1n) is 9.84. The maximum Gasteiger partial charge on any atom is 0.304 e. The predicted octanol–water partition coefficient (Wildman–Crippen LogP) is 4.17. The summed E-state index contributed by atoms with van der Waals surface area (Å²) in [6, 6.07) is 0. The van der Waals surface area contributed by atoms with Crippen LogP contribution in [0.2, 0.25) is 0 Å². The molecule has 1 fully saturated rings. The molecular formula is C22H30ClFO5. The average molecular weight is 429 g/mol. The van der Waals surface area contributed by atoms with E-state index in [-0.39, 0.29) is 54.5 Å². The Morgan fingerprint density at radius 1 is 1.45 bits per heavy atom. The molecule has 2 rings (SSSR count). The van der Waals surface area contributed by atoms with Crippen molar-refractivity contribution in [2.24, 2.45) is 23.2 Å². The summed E-state index contributed by atoms with van der Waals surface area (Å²) in [5.74, 6) is 4.92. The number of hydrogen-bond donors (Lipinski definition) is 1. The fourth-order valence-electron chi connectivity index (χ4n) is 3.50. The Kier molecular flexibility index (Phi) is 8.57. The molecule has 1 unspecified atom stereocenters. The van der Waals surface area contributed by atoms with Gasteiger partial charge in [-0.2, -0.15) is 0 Å². The number of carbonyl (C=O) groups is 1. The number of aliphatic carboxylic acids is 1. The van der Waals surface area contributed by atoms with Gasteiger partial charge in [0.15, 0.2) is 6.17 Å². The molecule has 1 aliphatic carbocycles. The van der Waals surface area contributed by atoms with Gasteiger partial charge in [0.1, 0.15) is 12.4 Å². The van der Waals surface area contributed by atoms with Crippen molar-refractivity contribution >= 4 is 17.6 Å². The Bertz CT molecular complexity index is 691. The van der Waals surface area contributed by atoms with Crippen molar-refractivity contribution in [1.29, 1.82) is 0 Å². The van der Waals surface area contributed by atoms with E-state index in [0.29, 0.717) is 24.9 Å². The van der Waals surface area contributed by atoms with Crippen LogP contribution in [0.1, 0.15) is 33.6 Å². The minimum absolute atomic E-state index is 0.00220. The van der Waals surface area contributed by atoms with Crippen LogP contribution in [-0.2, 0) is 19.0 Å². The van der Waals surface area contributed by atoms with Crippen LogP contribution in [0.15, 0.2) is 23.4 Å². The Balaban J connectivity index is 1.94. The number of rotatable bonds is 12. The molecule has 1 N–H and O–H groups in total. The highest BCUT2D eigenvalue weighted by Crippen LogP contribution is 2.38. The van der Waals surface area contributed by atoms with E-state index in [9.17, 15) is 9.18 Å². The van der Waals surface area contributed by atoms with Gasteiger partial charge in [0.2, 0.25) is 0 Å². The molecule has 0 bridgehead atoms. The van der Waals surface area contributed by atoms with Crippen LogP contribution < -0.4 is 0 Å². The average Bonchev–Trinajstić information content (AvgIpc) is 2.64. The van der Waals surface area contributed by atoms with Crippen LogP contribution in [0.5, 0.6) is 0 Å². The van der Waals surface area contributed by atoms with E-state index in [4.69, 9.17) is 30.9 Å². The standard InChI is InChI=1S/C22H30ClFO5/c1-5-7-16(8-20(25)26)14(3)15(4)19(6-2)28-12-22(10-27-11-22)13-29-21-17(23)9-18(21)24/h6,14-16,18-19H,2,8-13H2,1,3-4H3,(H,25,26)/t14-,15+,16+,18+,19?/m0/s1. The maximum absolute atomic E-state index is 13.5. The maximum atomic E-state index is 13.5. The Labute approximate surface area is 177 Å². The lowest BCUT2D eigenvalue weighted by Crippen LogP contribution is -2.51. The zero-order chi connectivity index (χ0) is 21.6. The van der Waals surface area contributed by atoms with Crippen molar-refractivity contribution in [3.8, 4) is 11.8 Å². The van der Waals surface area contributed by atoms with Gasteiger partial charge < -0.3 is 19.3 Å². The van der Waals surface area contributed by atoms with Gasteiger partial charge in [0, 0.05) is 12.3 Å². The predicted molar refractivity (Wildman–Crippen MR) is 109 cm³/mol. The monoisotopic (exact) mass is 428 g/mol. The van der Waals surface area contributed by atoms with Gasteiger partial charge in [0.05, 0.1) is 42.8 Å². The van der Waals surface area contributed by atoms with Gasteiger partial charge in [0.25, 0.3) is 0 Å². The minimum Gasteiger partial charge on any atom is -0.493 e. The third-order valence-electron chi connectivity index (χ3n) is 5.78. The number of halogens is 2. The highest BCUT2D eigenvalue weighted by molar-refractivity contribution is 6.30. The summed E-state index contributed by atoms with van der Waals surface area (Å²) in [7, 11) is 0. The van der Waals surface area contributed by atoms with Gasteiger partial charge in [-0.15, -0.1) is 12.5 Å². The first-order chi connectivity index (χ1) is 13.7. The van der Waals surface area contributed by atoms with Crippen LogP contribution in [0.4, 0.5) is 4.39 Å². The first-order valence-corrected chi connectivity index (χ1v) is 10.2. The number of carboxylic acid groups (broad SMARTS) is 1. The zero-order valence-electron chi connectivity index (χ0n) is 17.2. The molecule has 1 saturated heterocycles. The molecule has 5 atom stereocenters. The van der Waals surface area contributed by atoms with Gasteiger partial charge >= 0.3 is 5.97 Å². The fraction of sp³-hybridized carbons (Fsp3) is 0.682. The number of ether oxygens (including phenoxy) is 3. The summed E-state index contributed by atoms with van der Waals surface area (Å²) < 4.78 is 30.6. The van der Waals surface area contributed by atoms with Gasteiger partial charge in [-0.05, 0) is 18.8 Å². The van der Waals surface area contributed by atoms with Crippen LogP contribution in [-0.4, -0.2) is 49.8 Å². The minimum atomic E-state index is -1.13. The molecule has 7 heteroatoms. The lowest BCUT2D eigenvalue weighted by Gasteiger charge is -2.43. The second kappa shape index (κ2) is 10.5. The third-order valence-corrected chi connectivity index (χ3v) is 6.12.